The maximum absolute atomic E-state index is 3.82. The molecule has 1 unspecified atom stereocenters. The van der Waals surface area contributed by atoms with Crippen molar-refractivity contribution >= 4 is 0 Å². The lowest BCUT2D eigenvalue weighted by molar-refractivity contribution is 0.726. The predicted molar refractivity (Wildman–Crippen MR) is 53.3 cm³/mol. The standard InChI is InChI=1S/C11H15N/c1-3-10(9-12-2)11-7-5-4-6-8-11/h3-8,10,12H,1,9H2,2H3. The van der Waals surface area contributed by atoms with Crippen molar-refractivity contribution in [2.45, 2.75) is 5.92 Å². The minimum atomic E-state index is 0.427. The second kappa shape index (κ2) is 4.73. The van der Waals surface area contributed by atoms with Crippen LogP contribution in [0, 0.1) is 0 Å². The smallest absolute Gasteiger partial charge is 0.0140 e. The van der Waals surface area contributed by atoms with Gasteiger partial charge in [-0.15, -0.1) is 6.58 Å². The summed E-state index contributed by atoms with van der Waals surface area (Å²) in [7, 11) is 1.96. The molecule has 0 aliphatic rings. The largest absolute Gasteiger partial charge is 0.319 e. The third kappa shape index (κ3) is 2.21. The molecule has 0 heterocycles. The van der Waals surface area contributed by atoms with Gasteiger partial charge in [0.15, 0.2) is 0 Å². The van der Waals surface area contributed by atoms with Crippen LogP contribution in [0.5, 0.6) is 0 Å². The van der Waals surface area contributed by atoms with Crippen molar-refractivity contribution in [3.8, 4) is 0 Å². The van der Waals surface area contributed by atoms with E-state index >= 15 is 0 Å². The number of hydrogen-bond donors (Lipinski definition) is 1. The molecule has 0 saturated carbocycles. The van der Waals surface area contributed by atoms with E-state index in [9.17, 15) is 0 Å². The molecule has 1 atom stereocenters. The number of nitrogens with one attached hydrogen (secondary N) is 1. The van der Waals surface area contributed by atoms with E-state index in [2.05, 4.69) is 36.2 Å². The first-order valence-corrected chi connectivity index (χ1v) is 4.20. The average molecular weight is 161 g/mol. The molecular formula is C11H15N. The molecule has 0 amide bonds. The highest BCUT2D eigenvalue weighted by atomic mass is 14.8. The Bertz CT molecular complexity index is 228. The van der Waals surface area contributed by atoms with Crippen LogP contribution in [0.1, 0.15) is 11.5 Å². The van der Waals surface area contributed by atoms with Gasteiger partial charge < -0.3 is 5.32 Å². The Kier molecular flexibility index (Phi) is 3.55. The van der Waals surface area contributed by atoms with E-state index in [0.29, 0.717) is 5.92 Å². The zero-order valence-corrected chi connectivity index (χ0v) is 7.46. The monoisotopic (exact) mass is 161 g/mol. The van der Waals surface area contributed by atoms with Crippen molar-refractivity contribution in [1.29, 1.82) is 0 Å². The van der Waals surface area contributed by atoms with Crippen molar-refractivity contribution in [2.75, 3.05) is 13.6 Å². The highest BCUT2D eigenvalue weighted by molar-refractivity contribution is 5.23. The summed E-state index contributed by atoms with van der Waals surface area (Å²) >= 11 is 0. The van der Waals surface area contributed by atoms with Gasteiger partial charge in [-0.3, -0.25) is 0 Å². The molecule has 1 aromatic rings. The summed E-state index contributed by atoms with van der Waals surface area (Å²) in [5.41, 5.74) is 1.32. The van der Waals surface area contributed by atoms with Crippen molar-refractivity contribution in [2.24, 2.45) is 0 Å². The second-order valence-corrected chi connectivity index (χ2v) is 2.81. The molecule has 1 rings (SSSR count). The van der Waals surface area contributed by atoms with Gasteiger partial charge in [0.2, 0.25) is 0 Å². The van der Waals surface area contributed by atoms with E-state index in [1.807, 2.05) is 19.2 Å². The topological polar surface area (TPSA) is 12.0 Å². The number of hydrogen-bond acceptors (Lipinski definition) is 1. The number of benzene rings is 1. The first-order chi connectivity index (χ1) is 5.88. The Morgan fingerprint density at radius 3 is 2.58 bits per heavy atom. The highest BCUT2D eigenvalue weighted by Gasteiger charge is 2.03. The molecule has 0 saturated heterocycles. The Labute approximate surface area is 74.1 Å². The summed E-state index contributed by atoms with van der Waals surface area (Å²) < 4.78 is 0. The van der Waals surface area contributed by atoms with Gasteiger partial charge in [-0.25, -0.2) is 0 Å². The van der Waals surface area contributed by atoms with Gasteiger partial charge in [-0.2, -0.15) is 0 Å². The first-order valence-electron chi connectivity index (χ1n) is 4.20. The highest BCUT2D eigenvalue weighted by Crippen LogP contribution is 2.14. The van der Waals surface area contributed by atoms with E-state index < -0.39 is 0 Å². The fourth-order valence-electron chi connectivity index (χ4n) is 1.26. The molecule has 0 aromatic heterocycles. The molecule has 1 N–H and O–H groups in total. The molecule has 0 aliphatic carbocycles. The molecule has 1 aromatic carbocycles. The molecule has 1 heteroatoms. The van der Waals surface area contributed by atoms with Gasteiger partial charge in [0.1, 0.15) is 0 Å². The summed E-state index contributed by atoms with van der Waals surface area (Å²) in [6, 6.07) is 10.4. The van der Waals surface area contributed by atoms with Gasteiger partial charge in [0.25, 0.3) is 0 Å². The Balaban J connectivity index is 2.73. The van der Waals surface area contributed by atoms with E-state index in [4.69, 9.17) is 0 Å². The SMILES string of the molecule is C=CC(CNC)c1ccccc1. The van der Waals surface area contributed by atoms with E-state index in [0.717, 1.165) is 6.54 Å². The molecule has 64 valence electrons. The third-order valence-electron chi connectivity index (χ3n) is 1.94. The average Bonchev–Trinajstić information content (AvgIpc) is 2.15. The summed E-state index contributed by atoms with van der Waals surface area (Å²) in [6.07, 6.45) is 1.98. The van der Waals surface area contributed by atoms with Crippen LogP contribution >= 0.6 is 0 Å². The lowest BCUT2D eigenvalue weighted by Gasteiger charge is -2.11. The molecule has 0 spiro atoms. The van der Waals surface area contributed by atoms with Gasteiger partial charge in [-0.05, 0) is 12.6 Å². The normalized spacial score (nSPS) is 12.4. The van der Waals surface area contributed by atoms with Crippen LogP contribution in [0.25, 0.3) is 0 Å². The van der Waals surface area contributed by atoms with Crippen LogP contribution in [0.2, 0.25) is 0 Å². The van der Waals surface area contributed by atoms with Gasteiger partial charge in [0, 0.05) is 12.5 Å². The summed E-state index contributed by atoms with van der Waals surface area (Å²) in [4.78, 5) is 0. The van der Waals surface area contributed by atoms with E-state index in [-0.39, 0.29) is 0 Å². The maximum atomic E-state index is 3.82. The molecule has 0 bridgehead atoms. The van der Waals surface area contributed by atoms with Gasteiger partial charge >= 0.3 is 0 Å². The summed E-state index contributed by atoms with van der Waals surface area (Å²) in [5.74, 6) is 0.427. The fraction of sp³-hybridized carbons (Fsp3) is 0.273. The Hall–Kier alpha value is -1.08. The molecule has 0 radical (unpaired) electrons. The van der Waals surface area contributed by atoms with Crippen molar-refractivity contribution in [3.63, 3.8) is 0 Å². The maximum Gasteiger partial charge on any atom is 0.0140 e. The molecule has 0 aliphatic heterocycles. The Morgan fingerprint density at radius 2 is 2.08 bits per heavy atom. The van der Waals surface area contributed by atoms with Crippen molar-refractivity contribution in [3.05, 3.63) is 48.6 Å². The van der Waals surface area contributed by atoms with Crippen LogP contribution in [0.3, 0.4) is 0 Å². The second-order valence-electron chi connectivity index (χ2n) is 2.81. The Morgan fingerprint density at radius 1 is 1.42 bits per heavy atom. The third-order valence-corrected chi connectivity index (χ3v) is 1.94. The summed E-state index contributed by atoms with van der Waals surface area (Å²) in [6.45, 7) is 4.77. The molecule has 12 heavy (non-hydrogen) atoms. The van der Waals surface area contributed by atoms with Crippen molar-refractivity contribution in [1.82, 2.24) is 5.32 Å². The molecule has 1 nitrogen and oxygen atoms in total. The molecular weight excluding hydrogens is 146 g/mol. The van der Waals surface area contributed by atoms with Crippen LogP contribution in [0.15, 0.2) is 43.0 Å². The first kappa shape index (κ1) is 9.01. The van der Waals surface area contributed by atoms with E-state index in [1.165, 1.54) is 5.56 Å². The van der Waals surface area contributed by atoms with Gasteiger partial charge in [-0.1, -0.05) is 36.4 Å². The zero-order valence-electron chi connectivity index (χ0n) is 7.46. The minimum Gasteiger partial charge on any atom is -0.319 e. The quantitative estimate of drug-likeness (QED) is 0.667. The predicted octanol–water partition coefficient (Wildman–Crippen LogP) is 2.18. The minimum absolute atomic E-state index is 0.427. The van der Waals surface area contributed by atoms with Crippen molar-refractivity contribution < 1.29 is 0 Å². The number of rotatable bonds is 4. The summed E-state index contributed by atoms with van der Waals surface area (Å²) in [5, 5.41) is 3.15. The lowest BCUT2D eigenvalue weighted by atomic mass is 10.00. The lowest BCUT2D eigenvalue weighted by Crippen LogP contribution is -2.15. The van der Waals surface area contributed by atoms with Gasteiger partial charge in [0.05, 0.1) is 0 Å². The zero-order chi connectivity index (χ0) is 8.81. The molecule has 0 fully saturated rings. The van der Waals surface area contributed by atoms with Crippen LogP contribution in [-0.2, 0) is 0 Å². The fourth-order valence-corrected chi connectivity index (χ4v) is 1.26. The van der Waals surface area contributed by atoms with Crippen LogP contribution in [-0.4, -0.2) is 13.6 Å². The number of likely N-dealkylation sites (N-methyl/N-ethyl adjacent to an activating group) is 1. The van der Waals surface area contributed by atoms with Crippen LogP contribution in [0.4, 0.5) is 0 Å². The van der Waals surface area contributed by atoms with E-state index in [1.54, 1.807) is 0 Å². The van der Waals surface area contributed by atoms with Crippen LogP contribution < -0.4 is 5.32 Å².